The average molecular weight is 219 g/mol. The van der Waals surface area contributed by atoms with E-state index in [0.29, 0.717) is 12.1 Å². The average Bonchev–Trinajstić information content (AvgIpc) is 2.18. The minimum atomic E-state index is 0.0877. The van der Waals surface area contributed by atoms with Gasteiger partial charge in [-0.3, -0.25) is 4.79 Å². The Balaban J connectivity index is 2.08. The number of hydrogen-bond acceptors (Lipinski definition) is 4. The van der Waals surface area contributed by atoms with Crippen molar-refractivity contribution in [2.24, 2.45) is 5.18 Å². The molecule has 1 saturated heterocycles. The van der Waals surface area contributed by atoms with Gasteiger partial charge in [0, 0.05) is 18.8 Å². The number of hydrogen-bond donors (Lipinski definition) is 1. The number of nitrogens with two attached hydrogens (primary N) is 1. The SMILES string of the molecule is Nc1cc(N=O)ccc1CC(=O)N1CCC1. The fourth-order valence-corrected chi connectivity index (χ4v) is 1.64. The van der Waals surface area contributed by atoms with Crippen LogP contribution in [0.2, 0.25) is 0 Å². The maximum atomic E-state index is 11.7. The third kappa shape index (κ3) is 2.03. The van der Waals surface area contributed by atoms with Crippen molar-refractivity contribution >= 4 is 17.3 Å². The predicted molar refractivity (Wildman–Crippen MR) is 61.2 cm³/mol. The summed E-state index contributed by atoms with van der Waals surface area (Å²) in [4.78, 5) is 23.8. The summed E-state index contributed by atoms with van der Waals surface area (Å²) < 4.78 is 0. The molecule has 1 aliphatic heterocycles. The molecule has 0 bridgehead atoms. The van der Waals surface area contributed by atoms with Crippen LogP contribution in [0.5, 0.6) is 0 Å². The number of likely N-dealkylation sites (tertiary alicyclic amines) is 1. The maximum Gasteiger partial charge on any atom is 0.227 e. The molecule has 1 amide bonds. The lowest BCUT2D eigenvalue weighted by Crippen LogP contribution is -2.42. The summed E-state index contributed by atoms with van der Waals surface area (Å²) in [6, 6.07) is 4.75. The zero-order valence-corrected chi connectivity index (χ0v) is 8.85. The van der Waals surface area contributed by atoms with Crippen molar-refractivity contribution in [1.82, 2.24) is 4.90 Å². The van der Waals surface area contributed by atoms with E-state index in [4.69, 9.17) is 5.73 Å². The first-order chi connectivity index (χ1) is 7.70. The molecule has 0 radical (unpaired) electrons. The Morgan fingerprint density at radius 1 is 1.44 bits per heavy atom. The van der Waals surface area contributed by atoms with Crippen LogP contribution in [0.3, 0.4) is 0 Å². The molecule has 0 unspecified atom stereocenters. The van der Waals surface area contributed by atoms with Crippen molar-refractivity contribution in [3.8, 4) is 0 Å². The van der Waals surface area contributed by atoms with E-state index >= 15 is 0 Å². The number of rotatable bonds is 3. The summed E-state index contributed by atoms with van der Waals surface area (Å²) in [6.07, 6.45) is 1.38. The first kappa shape index (κ1) is 10.6. The Morgan fingerprint density at radius 2 is 2.19 bits per heavy atom. The van der Waals surface area contributed by atoms with Crippen molar-refractivity contribution < 1.29 is 4.79 Å². The number of amides is 1. The molecule has 0 saturated carbocycles. The van der Waals surface area contributed by atoms with Crippen LogP contribution in [0.15, 0.2) is 23.4 Å². The summed E-state index contributed by atoms with van der Waals surface area (Å²) in [6.45, 7) is 1.68. The van der Waals surface area contributed by atoms with Crippen molar-refractivity contribution in [3.05, 3.63) is 28.7 Å². The monoisotopic (exact) mass is 219 g/mol. The molecular weight excluding hydrogens is 206 g/mol. The number of carbonyl (C=O) groups is 1. The lowest BCUT2D eigenvalue weighted by atomic mass is 10.1. The Hall–Kier alpha value is -1.91. The van der Waals surface area contributed by atoms with Gasteiger partial charge in [-0.1, -0.05) is 6.07 Å². The Kier molecular flexibility index (Phi) is 2.85. The number of carbonyl (C=O) groups excluding carboxylic acids is 1. The van der Waals surface area contributed by atoms with E-state index in [0.717, 1.165) is 25.1 Å². The third-order valence-corrected chi connectivity index (χ3v) is 2.79. The van der Waals surface area contributed by atoms with Crippen molar-refractivity contribution in [2.75, 3.05) is 18.8 Å². The minimum Gasteiger partial charge on any atom is -0.398 e. The van der Waals surface area contributed by atoms with E-state index in [1.165, 1.54) is 6.07 Å². The quantitative estimate of drug-likeness (QED) is 0.617. The highest BCUT2D eigenvalue weighted by Gasteiger charge is 2.20. The smallest absolute Gasteiger partial charge is 0.227 e. The molecule has 16 heavy (non-hydrogen) atoms. The zero-order valence-electron chi connectivity index (χ0n) is 8.85. The molecule has 2 rings (SSSR count). The van der Waals surface area contributed by atoms with E-state index in [1.54, 1.807) is 17.0 Å². The number of benzene rings is 1. The largest absolute Gasteiger partial charge is 0.398 e. The van der Waals surface area contributed by atoms with Crippen LogP contribution in [0.4, 0.5) is 11.4 Å². The van der Waals surface area contributed by atoms with Gasteiger partial charge in [-0.25, -0.2) is 0 Å². The van der Waals surface area contributed by atoms with Crippen LogP contribution in [0.25, 0.3) is 0 Å². The number of anilines is 1. The standard InChI is InChI=1S/C11H13N3O2/c12-10-7-9(13-16)3-2-8(10)6-11(15)14-4-1-5-14/h2-3,7H,1,4-6,12H2. The summed E-state index contributed by atoms with van der Waals surface area (Å²) in [5.41, 5.74) is 7.23. The highest BCUT2D eigenvalue weighted by Crippen LogP contribution is 2.21. The predicted octanol–water partition coefficient (Wildman–Crippen LogP) is 1.44. The lowest BCUT2D eigenvalue weighted by molar-refractivity contribution is -0.133. The van der Waals surface area contributed by atoms with Crippen LogP contribution < -0.4 is 5.73 Å². The molecule has 1 heterocycles. The van der Waals surface area contributed by atoms with Crippen LogP contribution in [0, 0.1) is 4.91 Å². The fourth-order valence-electron chi connectivity index (χ4n) is 1.64. The summed E-state index contributed by atoms with van der Waals surface area (Å²) in [5, 5.41) is 2.79. The molecule has 5 heteroatoms. The second-order valence-corrected chi connectivity index (χ2v) is 3.89. The van der Waals surface area contributed by atoms with Gasteiger partial charge in [-0.15, -0.1) is 4.91 Å². The number of nitrogens with zero attached hydrogens (tertiary/aromatic N) is 2. The molecule has 1 aromatic rings. The van der Waals surface area contributed by atoms with Gasteiger partial charge in [0.2, 0.25) is 5.91 Å². The van der Waals surface area contributed by atoms with Gasteiger partial charge in [-0.05, 0) is 29.3 Å². The molecule has 84 valence electrons. The zero-order chi connectivity index (χ0) is 11.5. The molecular formula is C11H13N3O2. The molecule has 2 N–H and O–H groups in total. The molecule has 1 aromatic carbocycles. The topological polar surface area (TPSA) is 75.8 Å². The first-order valence-electron chi connectivity index (χ1n) is 5.20. The first-order valence-corrected chi connectivity index (χ1v) is 5.20. The Bertz CT molecular complexity index is 427. The van der Waals surface area contributed by atoms with Gasteiger partial charge in [0.05, 0.1) is 6.42 Å². The molecule has 0 spiro atoms. The Morgan fingerprint density at radius 3 is 2.69 bits per heavy atom. The van der Waals surface area contributed by atoms with Crippen molar-refractivity contribution in [3.63, 3.8) is 0 Å². The molecule has 1 aliphatic rings. The van der Waals surface area contributed by atoms with Crippen LogP contribution in [-0.4, -0.2) is 23.9 Å². The molecule has 0 atom stereocenters. The molecule has 0 aromatic heterocycles. The summed E-state index contributed by atoms with van der Waals surface area (Å²) in [5.74, 6) is 0.0877. The fraction of sp³-hybridized carbons (Fsp3) is 0.364. The highest BCUT2D eigenvalue weighted by atomic mass is 16.3. The van der Waals surface area contributed by atoms with Crippen LogP contribution in [-0.2, 0) is 11.2 Å². The minimum absolute atomic E-state index is 0.0877. The molecule has 5 nitrogen and oxygen atoms in total. The summed E-state index contributed by atoms with van der Waals surface area (Å²) >= 11 is 0. The van der Waals surface area contributed by atoms with Crippen molar-refractivity contribution in [1.29, 1.82) is 0 Å². The van der Waals surface area contributed by atoms with Gasteiger partial charge in [0.1, 0.15) is 5.69 Å². The lowest BCUT2D eigenvalue weighted by Gasteiger charge is -2.31. The van der Waals surface area contributed by atoms with Gasteiger partial charge < -0.3 is 10.6 Å². The second kappa shape index (κ2) is 4.30. The second-order valence-electron chi connectivity index (χ2n) is 3.89. The molecule has 1 fully saturated rings. The van der Waals surface area contributed by atoms with E-state index < -0.39 is 0 Å². The van der Waals surface area contributed by atoms with Gasteiger partial charge >= 0.3 is 0 Å². The van der Waals surface area contributed by atoms with Crippen LogP contribution in [0.1, 0.15) is 12.0 Å². The van der Waals surface area contributed by atoms with E-state index in [1.807, 2.05) is 0 Å². The third-order valence-electron chi connectivity index (χ3n) is 2.79. The Labute approximate surface area is 93.2 Å². The highest BCUT2D eigenvalue weighted by molar-refractivity contribution is 5.81. The molecule has 0 aliphatic carbocycles. The normalized spacial score (nSPS) is 14.4. The number of nitrogen functional groups attached to an aromatic ring is 1. The number of nitroso groups, excluding NO2 is 1. The van der Waals surface area contributed by atoms with Crippen molar-refractivity contribution in [2.45, 2.75) is 12.8 Å². The van der Waals surface area contributed by atoms with Gasteiger partial charge in [0.25, 0.3) is 0 Å². The van der Waals surface area contributed by atoms with Gasteiger partial charge in [0.15, 0.2) is 0 Å². The van der Waals surface area contributed by atoms with Gasteiger partial charge in [-0.2, -0.15) is 0 Å². The van der Waals surface area contributed by atoms with E-state index in [-0.39, 0.29) is 11.6 Å². The summed E-state index contributed by atoms with van der Waals surface area (Å²) in [7, 11) is 0. The van der Waals surface area contributed by atoms with Crippen LogP contribution >= 0.6 is 0 Å². The van der Waals surface area contributed by atoms with E-state index in [9.17, 15) is 9.70 Å². The maximum absolute atomic E-state index is 11.7. The van der Waals surface area contributed by atoms with E-state index in [2.05, 4.69) is 5.18 Å².